The van der Waals surface area contributed by atoms with Crippen LogP contribution in [-0.4, -0.2) is 81.1 Å². The van der Waals surface area contributed by atoms with Crippen molar-refractivity contribution in [1.29, 1.82) is 0 Å². The van der Waals surface area contributed by atoms with Gasteiger partial charge >= 0.3 is 6.18 Å². The van der Waals surface area contributed by atoms with Crippen LogP contribution in [0.25, 0.3) is 11.1 Å². The summed E-state index contributed by atoms with van der Waals surface area (Å²) in [5, 5.41) is 2.42. The molecule has 10 nitrogen and oxygen atoms in total. The van der Waals surface area contributed by atoms with E-state index in [2.05, 4.69) is 5.32 Å². The lowest BCUT2D eigenvalue weighted by Crippen LogP contribution is -2.32. The fraction of sp³-hybridized carbons (Fsp3) is 0.400. The van der Waals surface area contributed by atoms with Gasteiger partial charge in [0.2, 0.25) is 0 Å². The molecule has 0 aromatic heterocycles. The molecule has 260 valence electrons. The third kappa shape index (κ3) is 8.31. The summed E-state index contributed by atoms with van der Waals surface area (Å²) in [7, 11) is 2.81. The first-order chi connectivity index (χ1) is 22.9. The Labute approximate surface area is 278 Å². The molecule has 0 unspecified atom stereocenters. The van der Waals surface area contributed by atoms with Gasteiger partial charge in [-0.15, -0.1) is 0 Å². The molecule has 3 aromatic rings. The minimum Gasteiger partial charge on any atom is -0.493 e. The fourth-order valence-electron chi connectivity index (χ4n) is 5.20. The number of rotatable bonds is 15. The van der Waals surface area contributed by atoms with E-state index in [9.17, 15) is 27.6 Å². The number of benzene rings is 3. The van der Waals surface area contributed by atoms with Gasteiger partial charge in [0.15, 0.2) is 29.6 Å². The largest absolute Gasteiger partial charge is 0.493 e. The zero-order valence-electron chi connectivity index (χ0n) is 28.2. The average Bonchev–Trinajstić information content (AvgIpc) is 3.07. The zero-order chi connectivity index (χ0) is 35.6. The van der Waals surface area contributed by atoms with E-state index in [4.69, 9.17) is 18.9 Å². The molecule has 0 aliphatic rings. The summed E-state index contributed by atoms with van der Waals surface area (Å²) in [6, 6.07) is 10.4. The number of anilines is 1. The third-order valence-electron chi connectivity index (χ3n) is 7.61. The monoisotopic (exact) mass is 673 g/mol. The number of ether oxygens (including phenoxy) is 4. The molecule has 3 rings (SSSR count). The molecular weight excluding hydrogens is 631 g/mol. The summed E-state index contributed by atoms with van der Waals surface area (Å²) in [5.41, 5.74) is -0.389. The van der Waals surface area contributed by atoms with Crippen molar-refractivity contribution in [2.24, 2.45) is 0 Å². The van der Waals surface area contributed by atoms with E-state index < -0.39 is 24.3 Å². The van der Waals surface area contributed by atoms with E-state index in [-0.39, 0.29) is 69.4 Å². The van der Waals surface area contributed by atoms with E-state index in [1.165, 1.54) is 32.4 Å². The summed E-state index contributed by atoms with van der Waals surface area (Å²) < 4.78 is 63.2. The van der Waals surface area contributed by atoms with E-state index in [1.807, 2.05) is 27.7 Å². The summed E-state index contributed by atoms with van der Waals surface area (Å²) >= 11 is 0. The number of nitrogens with one attached hydrogen (secondary N) is 1. The number of carbonyl (C=O) groups is 3. The maximum Gasteiger partial charge on any atom is 0.416 e. The Balaban J connectivity index is 2.32. The van der Waals surface area contributed by atoms with Crippen molar-refractivity contribution >= 4 is 23.4 Å². The van der Waals surface area contributed by atoms with Gasteiger partial charge in [-0.25, -0.2) is 0 Å². The fourth-order valence-corrected chi connectivity index (χ4v) is 5.20. The molecule has 0 spiro atoms. The highest BCUT2D eigenvalue weighted by atomic mass is 19.4. The second kappa shape index (κ2) is 16.8. The summed E-state index contributed by atoms with van der Waals surface area (Å²) in [5.74, 6) is -1.01. The molecule has 3 amide bonds. The molecule has 0 saturated heterocycles. The van der Waals surface area contributed by atoms with Crippen molar-refractivity contribution in [2.75, 3.05) is 58.9 Å². The van der Waals surface area contributed by atoms with Crippen LogP contribution in [0, 0.1) is 0 Å². The van der Waals surface area contributed by atoms with Crippen molar-refractivity contribution in [2.45, 2.75) is 40.8 Å². The van der Waals surface area contributed by atoms with Crippen molar-refractivity contribution in [1.82, 2.24) is 9.80 Å². The molecule has 3 aromatic carbocycles. The molecule has 0 fully saturated rings. The molecule has 48 heavy (non-hydrogen) atoms. The first-order valence-electron chi connectivity index (χ1n) is 15.6. The summed E-state index contributed by atoms with van der Waals surface area (Å²) in [4.78, 5) is 44.4. The molecule has 1 N–H and O–H groups in total. The number of hydrogen-bond acceptors (Lipinski definition) is 7. The number of methoxy groups -OCH3 is 2. The van der Waals surface area contributed by atoms with Crippen molar-refractivity contribution in [3.8, 4) is 34.1 Å². The van der Waals surface area contributed by atoms with Gasteiger partial charge in [0.25, 0.3) is 17.7 Å². The smallest absolute Gasteiger partial charge is 0.416 e. The van der Waals surface area contributed by atoms with Crippen LogP contribution in [-0.2, 0) is 11.0 Å². The van der Waals surface area contributed by atoms with Gasteiger partial charge in [0, 0.05) is 43.0 Å². The maximum absolute atomic E-state index is 14.1. The van der Waals surface area contributed by atoms with Crippen molar-refractivity contribution in [3.05, 3.63) is 65.2 Å². The van der Waals surface area contributed by atoms with Gasteiger partial charge in [0.05, 0.1) is 37.5 Å². The Hall–Kier alpha value is -4.94. The normalized spacial score (nSPS) is 11.0. The number of hydrogen-bond donors (Lipinski definition) is 1. The number of halogens is 3. The van der Waals surface area contributed by atoms with Crippen LogP contribution in [0.15, 0.2) is 48.5 Å². The molecule has 0 heterocycles. The quantitative estimate of drug-likeness (QED) is 0.190. The lowest BCUT2D eigenvalue weighted by atomic mass is 9.91. The number of carbonyl (C=O) groups excluding carboxylic acids is 3. The molecule has 0 aliphatic carbocycles. The SMILES string of the molecule is CCOc1c(OC)ccc(C(=O)N(CC)CC)c1-c1c(C(=O)N(CC)CC)ccc(OC)c1OCC(=O)Nc1cccc(C(F)(F)F)c1. The van der Waals surface area contributed by atoms with Crippen LogP contribution in [0.3, 0.4) is 0 Å². The number of amides is 3. The molecule has 0 radical (unpaired) electrons. The first kappa shape index (κ1) is 37.5. The Morgan fingerprint density at radius 1 is 0.708 bits per heavy atom. The Kier molecular flexibility index (Phi) is 13.1. The van der Waals surface area contributed by atoms with Crippen LogP contribution in [0.5, 0.6) is 23.0 Å². The highest BCUT2D eigenvalue weighted by Crippen LogP contribution is 2.49. The summed E-state index contributed by atoms with van der Waals surface area (Å²) in [6.45, 7) is 10.1. The second-order valence-corrected chi connectivity index (χ2v) is 10.3. The van der Waals surface area contributed by atoms with Crippen LogP contribution in [0.1, 0.15) is 60.9 Å². The van der Waals surface area contributed by atoms with Crippen LogP contribution < -0.4 is 24.3 Å². The van der Waals surface area contributed by atoms with E-state index >= 15 is 0 Å². The first-order valence-corrected chi connectivity index (χ1v) is 15.6. The van der Waals surface area contributed by atoms with Crippen molar-refractivity contribution < 1.29 is 46.5 Å². The van der Waals surface area contributed by atoms with Crippen LogP contribution in [0.2, 0.25) is 0 Å². The highest BCUT2D eigenvalue weighted by Gasteiger charge is 2.33. The zero-order valence-corrected chi connectivity index (χ0v) is 28.2. The van der Waals surface area contributed by atoms with E-state index in [0.717, 1.165) is 12.1 Å². The molecule has 0 aliphatic heterocycles. The number of alkyl halides is 3. The molecule has 0 atom stereocenters. The molecule has 0 saturated carbocycles. The maximum atomic E-state index is 14.1. The highest BCUT2D eigenvalue weighted by molar-refractivity contribution is 6.10. The lowest BCUT2D eigenvalue weighted by Gasteiger charge is -2.27. The van der Waals surface area contributed by atoms with Crippen LogP contribution in [0.4, 0.5) is 18.9 Å². The standard InChI is InChI=1S/C35H42F3N3O7/c1-8-40(9-2)33(43)24-16-18-26(45-6)31(47-12-5)29(24)30-25(34(44)41(10-3)11-4)17-19-27(46-7)32(30)48-21-28(42)39-23-15-13-14-22(20-23)35(36,37)38/h13-20H,8-12,21H2,1-7H3,(H,39,42). The van der Waals surface area contributed by atoms with E-state index in [0.29, 0.717) is 26.2 Å². The van der Waals surface area contributed by atoms with Gasteiger partial charge < -0.3 is 34.1 Å². The minimum atomic E-state index is -4.60. The van der Waals surface area contributed by atoms with E-state index in [1.54, 1.807) is 34.9 Å². The molecular formula is C35H42F3N3O7. The Morgan fingerprint density at radius 2 is 1.19 bits per heavy atom. The minimum absolute atomic E-state index is 0.0579. The van der Waals surface area contributed by atoms with Gasteiger partial charge in [-0.05, 0) is 77.1 Å². The van der Waals surface area contributed by atoms with Gasteiger partial charge in [-0.2, -0.15) is 13.2 Å². The van der Waals surface area contributed by atoms with Gasteiger partial charge in [-0.3, -0.25) is 14.4 Å². The van der Waals surface area contributed by atoms with Gasteiger partial charge in [-0.1, -0.05) is 6.07 Å². The predicted molar refractivity (Wildman–Crippen MR) is 176 cm³/mol. The Morgan fingerprint density at radius 3 is 1.60 bits per heavy atom. The van der Waals surface area contributed by atoms with Crippen molar-refractivity contribution in [3.63, 3.8) is 0 Å². The lowest BCUT2D eigenvalue weighted by molar-refractivity contribution is -0.137. The topological polar surface area (TPSA) is 107 Å². The predicted octanol–water partition coefficient (Wildman–Crippen LogP) is 6.77. The Bertz CT molecular complexity index is 1600. The number of nitrogens with zero attached hydrogens (tertiary/aromatic N) is 2. The molecule has 0 bridgehead atoms. The van der Waals surface area contributed by atoms with Crippen LogP contribution >= 0.6 is 0 Å². The third-order valence-corrected chi connectivity index (χ3v) is 7.61. The average molecular weight is 674 g/mol. The molecule has 13 heteroatoms. The summed E-state index contributed by atoms with van der Waals surface area (Å²) in [6.07, 6.45) is -4.60. The van der Waals surface area contributed by atoms with Gasteiger partial charge in [0.1, 0.15) is 0 Å². The second-order valence-electron chi connectivity index (χ2n) is 10.3.